The van der Waals surface area contributed by atoms with Crippen LogP contribution in [-0.2, 0) is 0 Å². The zero-order valence-corrected chi connectivity index (χ0v) is 10.3. The van der Waals surface area contributed by atoms with E-state index in [0.29, 0.717) is 5.69 Å². The first-order valence-corrected chi connectivity index (χ1v) is 5.48. The minimum Gasteiger partial charge on any atom is -0.382 e. The van der Waals surface area contributed by atoms with Crippen LogP contribution in [0.15, 0.2) is 24.4 Å². The van der Waals surface area contributed by atoms with Gasteiger partial charge >= 0.3 is 0 Å². The van der Waals surface area contributed by atoms with Gasteiger partial charge in [-0.15, -0.1) is 0 Å². The second-order valence-electron chi connectivity index (χ2n) is 4.23. The molecule has 0 aliphatic carbocycles. The van der Waals surface area contributed by atoms with Crippen molar-refractivity contribution in [2.45, 2.75) is 13.8 Å². The molecule has 1 aromatic heterocycles. The SMILES string of the molecule is Cc1cc(C)cc(-c2cnc(N)c(C(N)=O)n2)c1. The number of rotatable bonds is 2. The van der Waals surface area contributed by atoms with E-state index in [1.165, 1.54) is 6.20 Å². The number of nitrogens with two attached hydrogens (primary N) is 2. The number of benzene rings is 1. The Morgan fingerprint density at radius 3 is 2.33 bits per heavy atom. The summed E-state index contributed by atoms with van der Waals surface area (Å²) in [4.78, 5) is 19.3. The highest BCUT2D eigenvalue weighted by Gasteiger charge is 2.11. The molecule has 0 bridgehead atoms. The molecule has 0 atom stereocenters. The van der Waals surface area contributed by atoms with Crippen LogP contribution in [0, 0.1) is 13.8 Å². The van der Waals surface area contributed by atoms with Gasteiger partial charge in [-0.3, -0.25) is 4.79 Å². The monoisotopic (exact) mass is 242 g/mol. The standard InChI is InChI=1S/C13H14N4O/c1-7-3-8(2)5-9(4-7)10-6-16-12(14)11(17-10)13(15)18/h3-6H,1-2H3,(H2,14,16)(H2,15,18). The average Bonchev–Trinajstić information content (AvgIpc) is 2.27. The molecule has 5 heteroatoms. The fraction of sp³-hybridized carbons (Fsp3) is 0.154. The molecular weight excluding hydrogens is 228 g/mol. The van der Waals surface area contributed by atoms with E-state index in [2.05, 4.69) is 16.0 Å². The summed E-state index contributed by atoms with van der Waals surface area (Å²) in [6.45, 7) is 3.99. The van der Waals surface area contributed by atoms with Gasteiger partial charge in [0.2, 0.25) is 0 Å². The van der Waals surface area contributed by atoms with Gasteiger partial charge in [0.05, 0.1) is 11.9 Å². The summed E-state index contributed by atoms with van der Waals surface area (Å²) in [5, 5.41) is 0. The highest BCUT2D eigenvalue weighted by molar-refractivity contribution is 5.95. The molecule has 2 rings (SSSR count). The number of hydrogen-bond acceptors (Lipinski definition) is 4. The number of anilines is 1. The van der Waals surface area contributed by atoms with Crippen molar-refractivity contribution in [1.29, 1.82) is 0 Å². The van der Waals surface area contributed by atoms with Crippen LogP contribution in [0.2, 0.25) is 0 Å². The van der Waals surface area contributed by atoms with Crippen molar-refractivity contribution in [3.8, 4) is 11.3 Å². The predicted molar refractivity (Wildman–Crippen MR) is 69.9 cm³/mol. The highest BCUT2D eigenvalue weighted by Crippen LogP contribution is 2.21. The first-order chi connectivity index (χ1) is 8.47. The number of aromatic nitrogens is 2. The van der Waals surface area contributed by atoms with Crippen molar-refractivity contribution >= 4 is 11.7 Å². The third-order valence-electron chi connectivity index (χ3n) is 2.55. The number of nitrogens with zero attached hydrogens (tertiary/aromatic N) is 2. The molecule has 4 N–H and O–H groups in total. The molecule has 1 heterocycles. The van der Waals surface area contributed by atoms with Crippen molar-refractivity contribution in [2.24, 2.45) is 5.73 Å². The molecule has 1 aromatic carbocycles. The minimum atomic E-state index is -0.675. The summed E-state index contributed by atoms with van der Waals surface area (Å²) in [5.41, 5.74) is 14.5. The van der Waals surface area contributed by atoms with Gasteiger partial charge in [0.15, 0.2) is 11.5 Å². The molecule has 0 fully saturated rings. The van der Waals surface area contributed by atoms with E-state index >= 15 is 0 Å². The number of primary amides is 1. The number of nitrogen functional groups attached to an aromatic ring is 1. The first kappa shape index (κ1) is 12.0. The van der Waals surface area contributed by atoms with Gasteiger partial charge in [0.25, 0.3) is 5.91 Å². The van der Waals surface area contributed by atoms with E-state index in [1.807, 2.05) is 26.0 Å². The van der Waals surface area contributed by atoms with Crippen molar-refractivity contribution in [1.82, 2.24) is 9.97 Å². The van der Waals surface area contributed by atoms with E-state index in [-0.39, 0.29) is 11.5 Å². The third-order valence-corrected chi connectivity index (χ3v) is 2.55. The van der Waals surface area contributed by atoms with Gasteiger partial charge in [0, 0.05) is 5.56 Å². The van der Waals surface area contributed by atoms with E-state index in [9.17, 15) is 4.79 Å². The topological polar surface area (TPSA) is 94.9 Å². The Bertz CT molecular complexity index is 602. The van der Waals surface area contributed by atoms with Gasteiger partial charge in [-0.1, -0.05) is 17.2 Å². The summed E-state index contributed by atoms with van der Waals surface area (Å²) >= 11 is 0. The van der Waals surface area contributed by atoms with Crippen molar-refractivity contribution < 1.29 is 4.79 Å². The van der Waals surface area contributed by atoms with Gasteiger partial charge in [-0.25, -0.2) is 9.97 Å². The van der Waals surface area contributed by atoms with Crippen LogP contribution in [0.3, 0.4) is 0 Å². The van der Waals surface area contributed by atoms with Gasteiger partial charge in [-0.2, -0.15) is 0 Å². The Morgan fingerprint density at radius 1 is 1.17 bits per heavy atom. The Balaban J connectivity index is 2.57. The molecule has 2 aromatic rings. The zero-order chi connectivity index (χ0) is 13.3. The summed E-state index contributed by atoms with van der Waals surface area (Å²) in [6, 6.07) is 6.00. The molecular formula is C13H14N4O. The number of hydrogen-bond donors (Lipinski definition) is 2. The van der Waals surface area contributed by atoms with E-state index in [0.717, 1.165) is 16.7 Å². The molecule has 0 saturated carbocycles. The molecule has 0 unspecified atom stereocenters. The summed E-state index contributed by atoms with van der Waals surface area (Å²) in [7, 11) is 0. The minimum absolute atomic E-state index is 0.00617. The van der Waals surface area contributed by atoms with Crippen LogP contribution >= 0.6 is 0 Å². The van der Waals surface area contributed by atoms with E-state index < -0.39 is 5.91 Å². The largest absolute Gasteiger partial charge is 0.382 e. The lowest BCUT2D eigenvalue weighted by Crippen LogP contribution is -2.17. The number of carbonyl (C=O) groups is 1. The maximum atomic E-state index is 11.2. The molecule has 5 nitrogen and oxygen atoms in total. The Kier molecular flexibility index (Phi) is 2.97. The second kappa shape index (κ2) is 4.44. The summed E-state index contributed by atoms with van der Waals surface area (Å²) in [6.07, 6.45) is 1.54. The lowest BCUT2D eigenvalue weighted by Gasteiger charge is -2.06. The fourth-order valence-corrected chi connectivity index (χ4v) is 1.84. The number of amides is 1. The molecule has 0 radical (unpaired) electrons. The Morgan fingerprint density at radius 2 is 1.78 bits per heavy atom. The van der Waals surface area contributed by atoms with Crippen molar-refractivity contribution in [3.63, 3.8) is 0 Å². The highest BCUT2D eigenvalue weighted by atomic mass is 16.1. The van der Waals surface area contributed by atoms with E-state index in [1.54, 1.807) is 0 Å². The van der Waals surface area contributed by atoms with Gasteiger partial charge in [-0.05, 0) is 26.0 Å². The molecule has 0 aliphatic heterocycles. The smallest absolute Gasteiger partial charge is 0.271 e. The summed E-state index contributed by atoms with van der Waals surface area (Å²) < 4.78 is 0. The van der Waals surface area contributed by atoms with Crippen LogP contribution in [0.1, 0.15) is 21.6 Å². The van der Waals surface area contributed by atoms with Crippen LogP contribution in [0.5, 0.6) is 0 Å². The lowest BCUT2D eigenvalue weighted by molar-refractivity contribution is 0.0996. The number of carbonyl (C=O) groups excluding carboxylic acids is 1. The first-order valence-electron chi connectivity index (χ1n) is 5.48. The van der Waals surface area contributed by atoms with Gasteiger partial charge in [0.1, 0.15) is 0 Å². The molecule has 92 valence electrons. The Labute approximate surface area is 105 Å². The fourth-order valence-electron chi connectivity index (χ4n) is 1.84. The normalized spacial score (nSPS) is 10.3. The quantitative estimate of drug-likeness (QED) is 0.833. The number of aryl methyl sites for hydroxylation is 2. The average molecular weight is 242 g/mol. The van der Waals surface area contributed by atoms with Crippen LogP contribution in [-0.4, -0.2) is 15.9 Å². The molecule has 0 spiro atoms. The lowest BCUT2D eigenvalue weighted by atomic mass is 10.1. The van der Waals surface area contributed by atoms with Gasteiger partial charge < -0.3 is 11.5 Å². The molecule has 1 amide bonds. The summed E-state index contributed by atoms with van der Waals surface area (Å²) in [5.74, 6) is -0.623. The van der Waals surface area contributed by atoms with Crippen molar-refractivity contribution in [2.75, 3.05) is 5.73 Å². The molecule has 18 heavy (non-hydrogen) atoms. The van der Waals surface area contributed by atoms with Crippen LogP contribution < -0.4 is 11.5 Å². The van der Waals surface area contributed by atoms with E-state index in [4.69, 9.17) is 11.5 Å². The third kappa shape index (κ3) is 2.29. The Hall–Kier alpha value is -2.43. The maximum absolute atomic E-state index is 11.2. The maximum Gasteiger partial charge on any atom is 0.271 e. The van der Waals surface area contributed by atoms with Crippen LogP contribution in [0.4, 0.5) is 5.82 Å². The molecule has 0 saturated heterocycles. The van der Waals surface area contributed by atoms with Crippen LogP contribution in [0.25, 0.3) is 11.3 Å². The van der Waals surface area contributed by atoms with Crippen molar-refractivity contribution in [3.05, 3.63) is 41.2 Å². The molecule has 0 aliphatic rings. The zero-order valence-electron chi connectivity index (χ0n) is 10.3. The predicted octanol–water partition coefficient (Wildman–Crippen LogP) is 1.44. The second-order valence-corrected chi connectivity index (χ2v) is 4.23.